The highest BCUT2D eigenvalue weighted by Gasteiger charge is 2.26. The van der Waals surface area contributed by atoms with Crippen molar-refractivity contribution in [3.8, 4) is 0 Å². The molecule has 1 aliphatic heterocycles. The monoisotopic (exact) mass is 348 g/mol. The summed E-state index contributed by atoms with van der Waals surface area (Å²) in [6.07, 6.45) is 0. The highest BCUT2D eigenvalue weighted by molar-refractivity contribution is 7.89. The van der Waals surface area contributed by atoms with Crippen LogP contribution in [0.3, 0.4) is 0 Å². The van der Waals surface area contributed by atoms with Gasteiger partial charge in [-0.2, -0.15) is 0 Å². The number of benzene rings is 1. The average molecular weight is 348 g/mol. The summed E-state index contributed by atoms with van der Waals surface area (Å²) in [7, 11) is -3.96. The van der Waals surface area contributed by atoms with Crippen LogP contribution in [0.5, 0.6) is 0 Å². The van der Waals surface area contributed by atoms with Crippen LogP contribution in [-0.2, 0) is 14.8 Å². The van der Waals surface area contributed by atoms with Crippen molar-refractivity contribution in [3.63, 3.8) is 0 Å². The number of ether oxygens (including phenoxy) is 1. The molecule has 1 heterocycles. The van der Waals surface area contributed by atoms with Crippen LogP contribution < -0.4 is 4.72 Å². The molecular weight excluding hydrogens is 326 g/mol. The molecule has 1 saturated heterocycles. The predicted octanol–water partition coefficient (Wildman–Crippen LogP) is 1.60. The van der Waals surface area contributed by atoms with E-state index < -0.39 is 26.6 Å². The molecule has 1 fully saturated rings. The van der Waals surface area contributed by atoms with Gasteiger partial charge in [-0.3, -0.25) is 4.90 Å². The molecule has 0 bridgehead atoms. The Morgan fingerprint density at radius 1 is 1.17 bits per heavy atom. The van der Waals surface area contributed by atoms with Crippen molar-refractivity contribution in [2.24, 2.45) is 5.92 Å². The quantitative estimate of drug-likeness (QED) is 0.848. The average Bonchev–Trinajstić information content (AvgIpc) is 2.47. The Kier molecular flexibility index (Phi) is 6.07. The summed E-state index contributed by atoms with van der Waals surface area (Å²) >= 11 is 0. The van der Waals surface area contributed by atoms with E-state index in [1.165, 1.54) is 0 Å². The largest absolute Gasteiger partial charge is 0.379 e. The second kappa shape index (κ2) is 7.65. The fourth-order valence-corrected chi connectivity index (χ4v) is 3.75. The summed E-state index contributed by atoms with van der Waals surface area (Å²) < 4.78 is 58.7. The minimum atomic E-state index is -3.96. The van der Waals surface area contributed by atoms with Crippen LogP contribution in [0.2, 0.25) is 0 Å². The van der Waals surface area contributed by atoms with Crippen LogP contribution in [0, 0.1) is 17.6 Å². The Balaban J connectivity index is 2.09. The Labute approximate surface area is 135 Å². The van der Waals surface area contributed by atoms with Gasteiger partial charge in [0.1, 0.15) is 11.6 Å². The third kappa shape index (κ3) is 4.94. The lowest BCUT2D eigenvalue weighted by Gasteiger charge is -2.36. The SMILES string of the molecule is CC(C)C(CNS(=O)(=O)c1cc(F)cc(F)c1)N1CCOCC1. The molecule has 1 aromatic rings. The van der Waals surface area contributed by atoms with E-state index in [0.29, 0.717) is 19.3 Å². The highest BCUT2D eigenvalue weighted by atomic mass is 32.2. The number of morpholine rings is 1. The van der Waals surface area contributed by atoms with Crippen LogP contribution in [0.15, 0.2) is 23.1 Å². The van der Waals surface area contributed by atoms with E-state index in [0.717, 1.165) is 25.2 Å². The van der Waals surface area contributed by atoms with E-state index >= 15 is 0 Å². The summed E-state index contributed by atoms with van der Waals surface area (Å²) in [6, 6.07) is 2.26. The van der Waals surface area contributed by atoms with Crippen molar-refractivity contribution in [1.82, 2.24) is 9.62 Å². The van der Waals surface area contributed by atoms with Crippen LogP contribution >= 0.6 is 0 Å². The summed E-state index contributed by atoms with van der Waals surface area (Å²) in [6.45, 7) is 6.90. The number of hydrogen-bond donors (Lipinski definition) is 1. The molecule has 130 valence electrons. The number of rotatable bonds is 6. The van der Waals surface area contributed by atoms with Crippen LogP contribution in [0.25, 0.3) is 0 Å². The maximum atomic E-state index is 13.2. The van der Waals surface area contributed by atoms with Gasteiger partial charge in [-0.25, -0.2) is 21.9 Å². The zero-order chi connectivity index (χ0) is 17.0. The van der Waals surface area contributed by atoms with Crippen molar-refractivity contribution >= 4 is 10.0 Å². The molecule has 8 heteroatoms. The predicted molar refractivity (Wildman–Crippen MR) is 82.6 cm³/mol. The first-order valence-electron chi connectivity index (χ1n) is 7.57. The van der Waals surface area contributed by atoms with Gasteiger partial charge in [0, 0.05) is 31.7 Å². The van der Waals surface area contributed by atoms with E-state index in [-0.39, 0.29) is 18.5 Å². The number of sulfonamides is 1. The molecule has 5 nitrogen and oxygen atoms in total. The number of nitrogens with zero attached hydrogens (tertiary/aromatic N) is 1. The van der Waals surface area contributed by atoms with Gasteiger partial charge < -0.3 is 4.74 Å². The van der Waals surface area contributed by atoms with Crippen molar-refractivity contribution in [2.75, 3.05) is 32.8 Å². The number of hydrogen-bond acceptors (Lipinski definition) is 4. The number of halogens is 2. The van der Waals surface area contributed by atoms with E-state index in [4.69, 9.17) is 4.74 Å². The van der Waals surface area contributed by atoms with Crippen LogP contribution in [0.4, 0.5) is 8.78 Å². The lowest BCUT2D eigenvalue weighted by Crippen LogP contribution is -2.51. The smallest absolute Gasteiger partial charge is 0.240 e. The molecule has 0 radical (unpaired) electrons. The molecule has 2 rings (SSSR count). The normalized spacial score (nSPS) is 18.3. The van der Waals surface area contributed by atoms with E-state index in [1.54, 1.807) is 0 Å². The first-order chi connectivity index (χ1) is 10.8. The van der Waals surface area contributed by atoms with Crippen LogP contribution in [0.1, 0.15) is 13.8 Å². The maximum Gasteiger partial charge on any atom is 0.240 e. The fraction of sp³-hybridized carbons (Fsp3) is 0.600. The zero-order valence-electron chi connectivity index (χ0n) is 13.3. The summed E-state index contributed by atoms with van der Waals surface area (Å²) in [5.74, 6) is -1.61. The fourth-order valence-electron chi connectivity index (χ4n) is 2.66. The first-order valence-corrected chi connectivity index (χ1v) is 9.05. The topological polar surface area (TPSA) is 58.6 Å². The van der Waals surface area contributed by atoms with Gasteiger partial charge in [-0.15, -0.1) is 0 Å². The van der Waals surface area contributed by atoms with Gasteiger partial charge in [-0.05, 0) is 18.1 Å². The molecule has 0 saturated carbocycles. The van der Waals surface area contributed by atoms with Gasteiger partial charge in [0.05, 0.1) is 18.1 Å². The molecule has 0 spiro atoms. The van der Waals surface area contributed by atoms with Gasteiger partial charge in [-0.1, -0.05) is 13.8 Å². The Hall–Kier alpha value is -1.09. The molecule has 0 aliphatic carbocycles. The lowest BCUT2D eigenvalue weighted by atomic mass is 10.0. The molecule has 1 N–H and O–H groups in total. The van der Waals surface area contributed by atoms with Gasteiger partial charge in [0.25, 0.3) is 0 Å². The molecule has 0 amide bonds. The molecule has 1 unspecified atom stereocenters. The lowest BCUT2D eigenvalue weighted by molar-refractivity contribution is 0.00776. The maximum absolute atomic E-state index is 13.2. The zero-order valence-corrected chi connectivity index (χ0v) is 14.1. The third-order valence-corrected chi connectivity index (χ3v) is 5.32. The Morgan fingerprint density at radius 2 is 1.74 bits per heavy atom. The van der Waals surface area contributed by atoms with Gasteiger partial charge in [0.2, 0.25) is 10.0 Å². The van der Waals surface area contributed by atoms with Crippen molar-refractivity contribution < 1.29 is 21.9 Å². The highest BCUT2D eigenvalue weighted by Crippen LogP contribution is 2.16. The minimum absolute atomic E-state index is 0.00733. The summed E-state index contributed by atoms with van der Waals surface area (Å²) in [4.78, 5) is 1.77. The standard InChI is InChI=1S/C15H22F2N2O3S/c1-11(2)15(19-3-5-22-6-4-19)10-18-23(20,21)14-8-12(16)7-13(17)9-14/h7-9,11,15,18H,3-6,10H2,1-2H3. The van der Waals surface area contributed by atoms with E-state index in [1.807, 2.05) is 13.8 Å². The van der Waals surface area contributed by atoms with E-state index in [9.17, 15) is 17.2 Å². The summed E-state index contributed by atoms with van der Waals surface area (Å²) in [5, 5.41) is 0. The third-order valence-electron chi connectivity index (χ3n) is 3.91. The molecule has 1 aromatic carbocycles. The Morgan fingerprint density at radius 3 is 2.26 bits per heavy atom. The van der Waals surface area contributed by atoms with Crippen molar-refractivity contribution in [2.45, 2.75) is 24.8 Å². The van der Waals surface area contributed by atoms with E-state index in [2.05, 4.69) is 9.62 Å². The van der Waals surface area contributed by atoms with Gasteiger partial charge >= 0.3 is 0 Å². The van der Waals surface area contributed by atoms with Crippen LogP contribution in [-0.4, -0.2) is 52.2 Å². The van der Waals surface area contributed by atoms with Gasteiger partial charge in [0.15, 0.2) is 0 Å². The Bertz CT molecular complexity index is 611. The minimum Gasteiger partial charge on any atom is -0.379 e. The molecule has 23 heavy (non-hydrogen) atoms. The van der Waals surface area contributed by atoms with Crippen molar-refractivity contribution in [3.05, 3.63) is 29.8 Å². The molecule has 1 atom stereocenters. The molecule has 0 aromatic heterocycles. The summed E-state index contributed by atoms with van der Waals surface area (Å²) in [5.41, 5.74) is 0. The molecule has 1 aliphatic rings. The molecular formula is C15H22F2N2O3S. The second-order valence-corrected chi connectivity index (χ2v) is 7.68. The van der Waals surface area contributed by atoms with Crippen molar-refractivity contribution in [1.29, 1.82) is 0 Å². The number of nitrogens with one attached hydrogen (secondary N) is 1. The first kappa shape index (κ1) is 18.3. The second-order valence-electron chi connectivity index (χ2n) is 5.92.